The fraction of sp³-hybridized carbons (Fsp3) is 0.273. The molecule has 0 radical (unpaired) electrons. The summed E-state index contributed by atoms with van der Waals surface area (Å²) in [6, 6.07) is 6.73. The number of halogens is 1. The van der Waals surface area contributed by atoms with E-state index in [4.69, 9.17) is 0 Å². The molecular weight excluding hydrogens is 244 g/mol. The van der Waals surface area contributed by atoms with E-state index in [1.807, 2.05) is 11.3 Å². The minimum Gasteiger partial charge on any atom is -0.128 e. The van der Waals surface area contributed by atoms with Gasteiger partial charge in [-0.1, -0.05) is 19.1 Å². The highest BCUT2D eigenvalue weighted by atomic mass is 79.9. The first-order valence-electron chi connectivity index (χ1n) is 4.40. The van der Waals surface area contributed by atoms with Crippen LogP contribution in [0, 0.1) is 6.92 Å². The SMILES string of the molecule is CCc1ccc2c(C)c(Br)sc2c1. The van der Waals surface area contributed by atoms with E-state index >= 15 is 0 Å². The molecular formula is C11H11BrS. The Morgan fingerprint density at radius 1 is 1.38 bits per heavy atom. The summed E-state index contributed by atoms with van der Waals surface area (Å²) in [5, 5.41) is 1.38. The summed E-state index contributed by atoms with van der Waals surface area (Å²) in [6.45, 7) is 4.35. The van der Waals surface area contributed by atoms with E-state index in [0.717, 1.165) is 6.42 Å². The smallest absolute Gasteiger partial charge is 0.0740 e. The van der Waals surface area contributed by atoms with Crippen LogP contribution in [0.2, 0.25) is 0 Å². The molecule has 0 fully saturated rings. The van der Waals surface area contributed by atoms with Crippen molar-refractivity contribution >= 4 is 37.4 Å². The van der Waals surface area contributed by atoms with E-state index in [0.29, 0.717) is 0 Å². The summed E-state index contributed by atoms with van der Waals surface area (Å²) in [5.74, 6) is 0. The molecule has 0 aliphatic rings. The maximum absolute atomic E-state index is 3.57. The molecule has 0 nitrogen and oxygen atoms in total. The largest absolute Gasteiger partial charge is 0.128 e. The Labute approximate surface area is 90.7 Å². The minimum atomic E-state index is 1.12. The molecule has 13 heavy (non-hydrogen) atoms. The topological polar surface area (TPSA) is 0 Å². The van der Waals surface area contributed by atoms with Crippen molar-refractivity contribution in [1.29, 1.82) is 0 Å². The molecule has 0 atom stereocenters. The first kappa shape index (κ1) is 9.22. The molecule has 1 heterocycles. The first-order valence-corrected chi connectivity index (χ1v) is 6.01. The predicted molar refractivity (Wildman–Crippen MR) is 63.6 cm³/mol. The molecule has 1 aromatic heterocycles. The highest BCUT2D eigenvalue weighted by Crippen LogP contribution is 2.35. The van der Waals surface area contributed by atoms with Crippen molar-refractivity contribution in [3.05, 3.63) is 33.1 Å². The molecule has 68 valence electrons. The van der Waals surface area contributed by atoms with Crippen molar-refractivity contribution in [2.45, 2.75) is 20.3 Å². The van der Waals surface area contributed by atoms with Crippen LogP contribution in [0.1, 0.15) is 18.1 Å². The van der Waals surface area contributed by atoms with E-state index < -0.39 is 0 Å². The Morgan fingerprint density at radius 3 is 2.85 bits per heavy atom. The number of fused-ring (bicyclic) bond motifs is 1. The number of aryl methyl sites for hydroxylation is 2. The summed E-state index contributed by atoms with van der Waals surface area (Å²) in [5.41, 5.74) is 2.78. The van der Waals surface area contributed by atoms with Crippen molar-refractivity contribution in [1.82, 2.24) is 0 Å². The van der Waals surface area contributed by atoms with Crippen molar-refractivity contribution in [3.63, 3.8) is 0 Å². The minimum absolute atomic E-state index is 1.12. The lowest BCUT2D eigenvalue weighted by molar-refractivity contribution is 1.15. The zero-order valence-electron chi connectivity index (χ0n) is 7.73. The molecule has 0 spiro atoms. The van der Waals surface area contributed by atoms with Crippen LogP contribution in [-0.4, -0.2) is 0 Å². The van der Waals surface area contributed by atoms with Crippen LogP contribution >= 0.6 is 27.3 Å². The number of thiophene rings is 1. The van der Waals surface area contributed by atoms with E-state index in [-0.39, 0.29) is 0 Å². The zero-order valence-corrected chi connectivity index (χ0v) is 10.1. The fourth-order valence-electron chi connectivity index (χ4n) is 1.46. The van der Waals surface area contributed by atoms with Gasteiger partial charge in [0.25, 0.3) is 0 Å². The molecule has 0 N–H and O–H groups in total. The lowest BCUT2D eigenvalue weighted by atomic mass is 10.1. The lowest BCUT2D eigenvalue weighted by Crippen LogP contribution is -1.77. The van der Waals surface area contributed by atoms with Crippen molar-refractivity contribution in [2.24, 2.45) is 0 Å². The third-order valence-electron chi connectivity index (χ3n) is 2.35. The van der Waals surface area contributed by atoms with Gasteiger partial charge in [0.05, 0.1) is 3.79 Å². The Bertz CT molecular complexity index is 443. The quantitative estimate of drug-likeness (QED) is 0.702. The molecule has 0 unspecified atom stereocenters. The van der Waals surface area contributed by atoms with Crippen LogP contribution in [0.5, 0.6) is 0 Å². The molecule has 0 amide bonds. The van der Waals surface area contributed by atoms with Gasteiger partial charge in [-0.3, -0.25) is 0 Å². The average molecular weight is 255 g/mol. The second kappa shape index (κ2) is 3.43. The van der Waals surface area contributed by atoms with Crippen LogP contribution in [0.3, 0.4) is 0 Å². The molecule has 2 heteroatoms. The highest BCUT2D eigenvalue weighted by Gasteiger charge is 2.05. The number of hydrogen-bond donors (Lipinski definition) is 0. The second-order valence-corrected chi connectivity index (χ2v) is 5.55. The number of hydrogen-bond acceptors (Lipinski definition) is 1. The van der Waals surface area contributed by atoms with Crippen LogP contribution in [0.4, 0.5) is 0 Å². The van der Waals surface area contributed by atoms with E-state index in [1.165, 1.54) is 25.0 Å². The summed E-state index contributed by atoms with van der Waals surface area (Å²) in [4.78, 5) is 0. The number of rotatable bonds is 1. The van der Waals surface area contributed by atoms with Gasteiger partial charge in [0.2, 0.25) is 0 Å². The van der Waals surface area contributed by atoms with Crippen LogP contribution in [0.25, 0.3) is 10.1 Å². The Morgan fingerprint density at radius 2 is 2.15 bits per heavy atom. The van der Waals surface area contributed by atoms with E-state index in [9.17, 15) is 0 Å². The maximum Gasteiger partial charge on any atom is 0.0740 e. The highest BCUT2D eigenvalue weighted by molar-refractivity contribution is 9.11. The Kier molecular flexibility index (Phi) is 2.43. The van der Waals surface area contributed by atoms with Gasteiger partial charge < -0.3 is 0 Å². The molecule has 0 aliphatic heterocycles. The van der Waals surface area contributed by atoms with Crippen LogP contribution in [-0.2, 0) is 6.42 Å². The monoisotopic (exact) mass is 254 g/mol. The lowest BCUT2D eigenvalue weighted by Gasteiger charge is -1.96. The number of benzene rings is 1. The summed E-state index contributed by atoms with van der Waals surface area (Å²) in [6.07, 6.45) is 1.12. The van der Waals surface area contributed by atoms with Gasteiger partial charge in [0, 0.05) is 4.70 Å². The zero-order chi connectivity index (χ0) is 9.42. The first-order chi connectivity index (χ1) is 6.22. The van der Waals surface area contributed by atoms with E-state index in [2.05, 4.69) is 48.0 Å². The molecule has 0 saturated carbocycles. The summed E-state index contributed by atoms with van der Waals surface area (Å²) in [7, 11) is 0. The Hall–Kier alpha value is -0.340. The molecule has 2 rings (SSSR count). The maximum atomic E-state index is 3.57. The van der Waals surface area contributed by atoms with Gasteiger partial charge >= 0.3 is 0 Å². The van der Waals surface area contributed by atoms with Gasteiger partial charge in [0.1, 0.15) is 0 Å². The van der Waals surface area contributed by atoms with Crippen molar-refractivity contribution in [3.8, 4) is 0 Å². The van der Waals surface area contributed by atoms with Gasteiger partial charge in [0.15, 0.2) is 0 Å². The fourth-order valence-corrected chi connectivity index (χ4v) is 3.19. The molecule has 1 aromatic carbocycles. The summed E-state index contributed by atoms with van der Waals surface area (Å²) < 4.78 is 2.65. The molecule has 2 aromatic rings. The normalized spacial score (nSPS) is 11.0. The third-order valence-corrected chi connectivity index (χ3v) is 4.48. The van der Waals surface area contributed by atoms with E-state index in [1.54, 1.807) is 0 Å². The second-order valence-electron chi connectivity index (χ2n) is 3.18. The third kappa shape index (κ3) is 1.53. The van der Waals surface area contributed by atoms with Crippen LogP contribution in [0.15, 0.2) is 22.0 Å². The van der Waals surface area contributed by atoms with Gasteiger partial charge in [-0.25, -0.2) is 0 Å². The van der Waals surface area contributed by atoms with Gasteiger partial charge in [-0.2, -0.15) is 0 Å². The molecule has 0 aliphatic carbocycles. The van der Waals surface area contributed by atoms with Crippen molar-refractivity contribution in [2.75, 3.05) is 0 Å². The standard InChI is InChI=1S/C11H11BrS/c1-3-8-4-5-9-7(2)11(12)13-10(9)6-8/h4-6H,3H2,1-2H3. The van der Waals surface area contributed by atoms with Crippen molar-refractivity contribution < 1.29 is 0 Å². The predicted octanol–water partition coefficient (Wildman–Crippen LogP) is 4.53. The van der Waals surface area contributed by atoms with Crippen LogP contribution < -0.4 is 0 Å². The molecule has 0 bridgehead atoms. The molecule has 0 saturated heterocycles. The Balaban J connectivity index is 2.73. The average Bonchev–Trinajstić information content (AvgIpc) is 2.42. The van der Waals surface area contributed by atoms with Gasteiger partial charge in [-0.05, 0) is 51.9 Å². The van der Waals surface area contributed by atoms with Gasteiger partial charge in [-0.15, -0.1) is 11.3 Å². The summed E-state index contributed by atoms with van der Waals surface area (Å²) >= 11 is 5.40.